The van der Waals surface area contributed by atoms with Gasteiger partial charge in [0.1, 0.15) is 5.75 Å². The molecule has 0 saturated heterocycles. The number of ether oxygens (including phenoxy) is 1. The number of carbonyl (C=O) groups is 1. The summed E-state index contributed by atoms with van der Waals surface area (Å²) in [6.07, 6.45) is 0. The van der Waals surface area contributed by atoms with Crippen molar-refractivity contribution in [2.75, 3.05) is 19.8 Å². The van der Waals surface area contributed by atoms with Crippen LogP contribution in [-0.4, -0.2) is 30.8 Å². The van der Waals surface area contributed by atoms with Crippen LogP contribution in [0.5, 0.6) is 5.75 Å². The quantitative estimate of drug-likeness (QED) is 0.805. The van der Waals surface area contributed by atoms with Gasteiger partial charge in [-0.2, -0.15) is 0 Å². The first-order chi connectivity index (χ1) is 8.43. The third-order valence-electron chi connectivity index (χ3n) is 2.55. The third-order valence-corrected chi connectivity index (χ3v) is 2.55. The topological polar surface area (TPSA) is 58.6 Å². The Morgan fingerprint density at radius 3 is 2.78 bits per heavy atom. The maximum atomic E-state index is 11.5. The number of aliphatic hydroxyl groups is 1. The maximum Gasteiger partial charge on any atom is 0.257 e. The Hall–Kier alpha value is -1.55. The molecule has 4 nitrogen and oxygen atoms in total. The average molecular weight is 251 g/mol. The molecule has 0 fully saturated rings. The van der Waals surface area contributed by atoms with Crippen molar-refractivity contribution in [3.63, 3.8) is 0 Å². The van der Waals surface area contributed by atoms with Crippen LogP contribution in [0.4, 0.5) is 0 Å². The van der Waals surface area contributed by atoms with E-state index in [-0.39, 0.29) is 24.5 Å². The van der Waals surface area contributed by atoms with Gasteiger partial charge in [-0.15, -0.1) is 0 Å². The molecule has 1 amide bonds. The first-order valence-electron chi connectivity index (χ1n) is 6.00. The molecule has 0 unspecified atom stereocenters. The molecule has 100 valence electrons. The minimum Gasteiger partial charge on any atom is -0.484 e. The standard InChI is InChI=1S/C14H21NO3/c1-11-5-4-6-12(7-11)18-8-13(17)15-9-14(2,3)10-16/h4-7,16H,8-10H2,1-3H3,(H,15,17). The second kappa shape index (κ2) is 6.40. The van der Waals surface area contributed by atoms with Crippen molar-refractivity contribution in [3.8, 4) is 5.75 Å². The van der Waals surface area contributed by atoms with Gasteiger partial charge in [0.2, 0.25) is 0 Å². The molecule has 1 rings (SSSR count). The van der Waals surface area contributed by atoms with Crippen molar-refractivity contribution in [2.45, 2.75) is 20.8 Å². The third kappa shape index (κ3) is 5.19. The van der Waals surface area contributed by atoms with Crippen LogP contribution in [0, 0.1) is 12.3 Å². The highest BCUT2D eigenvalue weighted by atomic mass is 16.5. The van der Waals surface area contributed by atoms with Crippen LogP contribution in [-0.2, 0) is 4.79 Å². The van der Waals surface area contributed by atoms with Crippen LogP contribution in [0.3, 0.4) is 0 Å². The summed E-state index contributed by atoms with van der Waals surface area (Å²) in [7, 11) is 0. The van der Waals surface area contributed by atoms with E-state index in [1.807, 2.05) is 45.0 Å². The zero-order valence-electron chi connectivity index (χ0n) is 11.2. The molecule has 0 aromatic heterocycles. The molecule has 0 atom stereocenters. The van der Waals surface area contributed by atoms with Crippen molar-refractivity contribution in [2.24, 2.45) is 5.41 Å². The molecule has 0 aliphatic heterocycles. The van der Waals surface area contributed by atoms with Crippen LogP contribution in [0.15, 0.2) is 24.3 Å². The largest absolute Gasteiger partial charge is 0.484 e. The van der Waals surface area contributed by atoms with Gasteiger partial charge in [0.15, 0.2) is 6.61 Å². The summed E-state index contributed by atoms with van der Waals surface area (Å²) < 4.78 is 5.37. The lowest BCUT2D eigenvalue weighted by atomic mass is 9.95. The number of nitrogens with one attached hydrogen (secondary N) is 1. The fourth-order valence-corrected chi connectivity index (χ4v) is 1.30. The molecule has 0 aliphatic rings. The molecule has 0 aliphatic carbocycles. The van der Waals surface area contributed by atoms with Crippen LogP contribution in [0.2, 0.25) is 0 Å². The fraction of sp³-hybridized carbons (Fsp3) is 0.500. The Balaban J connectivity index is 2.34. The minimum atomic E-state index is -0.307. The smallest absolute Gasteiger partial charge is 0.257 e. The number of carbonyl (C=O) groups excluding carboxylic acids is 1. The van der Waals surface area contributed by atoms with E-state index in [4.69, 9.17) is 9.84 Å². The van der Waals surface area contributed by atoms with Crippen molar-refractivity contribution >= 4 is 5.91 Å². The van der Waals surface area contributed by atoms with E-state index in [1.54, 1.807) is 0 Å². The summed E-state index contributed by atoms with van der Waals surface area (Å²) in [4.78, 5) is 11.5. The molecule has 1 aromatic carbocycles. The average Bonchev–Trinajstić information content (AvgIpc) is 2.34. The number of rotatable bonds is 6. The van der Waals surface area contributed by atoms with E-state index >= 15 is 0 Å². The summed E-state index contributed by atoms with van der Waals surface area (Å²) in [5, 5.41) is 11.8. The van der Waals surface area contributed by atoms with Gasteiger partial charge in [-0.25, -0.2) is 0 Å². The fourth-order valence-electron chi connectivity index (χ4n) is 1.30. The molecule has 1 aromatic rings. The molecule has 18 heavy (non-hydrogen) atoms. The molecule has 0 saturated carbocycles. The summed E-state index contributed by atoms with van der Waals surface area (Å²) in [6, 6.07) is 7.55. The lowest BCUT2D eigenvalue weighted by Gasteiger charge is -2.21. The number of aliphatic hydroxyl groups excluding tert-OH is 1. The van der Waals surface area contributed by atoms with E-state index in [1.165, 1.54) is 0 Å². The first-order valence-corrected chi connectivity index (χ1v) is 6.00. The number of hydrogen-bond donors (Lipinski definition) is 2. The Bertz CT molecular complexity index is 402. The van der Waals surface area contributed by atoms with Crippen molar-refractivity contribution in [1.29, 1.82) is 0 Å². The zero-order valence-corrected chi connectivity index (χ0v) is 11.2. The van der Waals surface area contributed by atoms with Gasteiger partial charge in [0.05, 0.1) is 0 Å². The second-order valence-corrected chi connectivity index (χ2v) is 5.20. The molecule has 2 N–H and O–H groups in total. The van der Waals surface area contributed by atoms with E-state index in [0.717, 1.165) is 5.56 Å². The number of benzene rings is 1. The van der Waals surface area contributed by atoms with Gasteiger partial charge in [-0.1, -0.05) is 26.0 Å². The Morgan fingerprint density at radius 1 is 1.44 bits per heavy atom. The van der Waals surface area contributed by atoms with E-state index in [9.17, 15) is 4.79 Å². The van der Waals surface area contributed by atoms with E-state index in [0.29, 0.717) is 12.3 Å². The molecule has 4 heteroatoms. The normalized spacial score (nSPS) is 11.1. The van der Waals surface area contributed by atoms with E-state index < -0.39 is 0 Å². The summed E-state index contributed by atoms with van der Waals surface area (Å²) >= 11 is 0. The zero-order chi connectivity index (χ0) is 13.6. The molecule has 0 bridgehead atoms. The van der Waals surface area contributed by atoms with E-state index in [2.05, 4.69) is 5.32 Å². The number of hydrogen-bond acceptors (Lipinski definition) is 3. The van der Waals surface area contributed by atoms with Crippen molar-refractivity contribution in [3.05, 3.63) is 29.8 Å². The van der Waals surface area contributed by atoms with Crippen LogP contribution in [0.1, 0.15) is 19.4 Å². The second-order valence-electron chi connectivity index (χ2n) is 5.20. The maximum absolute atomic E-state index is 11.5. The van der Waals surface area contributed by atoms with Gasteiger partial charge in [-0.3, -0.25) is 4.79 Å². The van der Waals surface area contributed by atoms with Crippen LogP contribution in [0.25, 0.3) is 0 Å². The van der Waals surface area contributed by atoms with Crippen molar-refractivity contribution < 1.29 is 14.6 Å². The molecule has 0 heterocycles. The Labute approximate surface area is 108 Å². The Morgan fingerprint density at radius 2 is 2.17 bits per heavy atom. The van der Waals surface area contributed by atoms with Gasteiger partial charge < -0.3 is 15.2 Å². The lowest BCUT2D eigenvalue weighted by molar-refractivity contribution is -0.123. The SMILES string of the molecule is Cc1cccc(OCC(=O)NCC(C)(C)CO)c1. The molecule has 0 spiro atoms. The van der Waals surface area contributed by atoms with Gasteiger partial charge in [-0.05, 0) is 24.6 Å². The minimum absolute atomic E-state index is 0.00897. The summed E-state index contributed by atoms with van der Waals surface area (Å²) in [5.74, 6) is 0.504. The predicted octanol–water partition coefficient (Wildman–Crippen LogP) is 1.51. The van der Waals surface area contributed by atoms with Gasteiger partial charge in [0.25, 0.3) is 5.91 Å². The van der Waals surface area contributed by atoms with Crippen molar-refractivity contribution in [1.82, 2.24) is 5.32 Å². The highest BCUT2D eigenvalue weighted by Gasteiger charge is 2.17. The molecular formula is C14H21NO3. The monoisotopic (exact) mass is 251 g/mol. The van der Waals surface area contributed by atoms with Crippen LogP contribution < -0.4 is 10.1 Å². The number of aryl methyl sites for hydroxylation is 1. The highest BCUT2D eigenvalue weighted by molar-refractivity contribution is 5.77. The van der Waals surface area contributed by atoms with Gasteiger partial charge in [0, 0.05) is 18.6 Å². The van der Waals surface area contributed by atoms with Gasteiger partial charge >= 0.3 is 0 Å². The summed E-state index contributed by atoms with van der Waals surface area (Å²) in [5.41, 5.74) is 0.785. The highest BCUT2D eigenvalue weighted by Crippen LogP contribution is 2.13. The lowest BCUT2D eigenvalue weighted by Crippen LogP contribution is -2.38. The molecule has 0 radical (unpaired) electrons. The van der Waals surface area contributed by atoms with Crippen LogP contribution >= 0.6 is 0 Å². The first kappa shape index (κ1) is 14.5. The number of amides is 1. The summed E-state index contributed by atoms with van der Waals surface area (Å²) in [6.45, 7) is 6.19. The Kier molecular flexibility index (Phi) is 5.16. The molecular weight excluding hydrogens is 230 g/mol. The predicted molar refractivity (Wildman–Crippen MR) is 70.6 cm³/mol.